The molecule has 8 aromatic carbocycles. The van der Waals surface area contributed by atoms with Crippen LogP contribution in [0.4, 0.5) is 11.4 Å². The van der Waals surface area contributed by atoms with Crippen molar-refractivity contribution in [2.75, 3.05) is 5.32 Å². The van der Waals surface area contributed by atoms with Gasteiger partial charge in [-0.25, -0.2) is 0 Å². The maximum absolute atomic E-state index is 4.77. The Morgan fingerprint density at radius 3 is 1.88 bits per heavy atom. The summed E-state index contributed by atoms with van der Waals surface area (Å²) in [5.74, 6) is 0. The average molecular weight is 664 g/mol. The predicted octanol–water partition coefficient (Wildman–Crippen LogP) is 13.4. The molecule has 0 saturated carbocycles. The SMILES string of the molecule is C=C1/C(=C\C=C\c2ccc(Nc3cccc(-c4ccc5ccc6ccccc6c5c4)c3)cc2)c2ccccc2C1(c1ccccc1)c1ccccc1. The molecule has 0 amide bonds. The maximum Gasteiger partial charge on any atom is 0.0707 e. The number of hydrogen-bond donors (Lipinski definition) is 1. The fraction of sp³-hybridized carbons (Fsp3) is 0.0196. The summed E-state index contributed by atoms with van der Waals surface area (Å²) in [4.78, 5) is 0. The molecule has 8 aromatic rings. The third-order valence-corrected chi connectivity index (χ3v) is 10.5. The first kappa shape index (κ1) is 31.3. The van der Waals surface area contributed by atoms with Crippen LogP contribution in [0.2, 0.25) is 0 Å². The molecule has 52 heavy (non-hydrogen) atoms. The zero-order valence-electron chi connectivity index (χ0n) is 28.8. The van der Waals surface area contributed by atoms with E-state index in [0.29, 0.717) is 0 Å². The van der Waals surface area contributed by atoms with E-state index in [0.717, 1.165) is 28.1 Å². The highest BCUT2D eigenvalue weighted by Crippen LogP contribution is 2.56. The van der Waals surface area contributed by atoms with Crippen molar-refractivity contribution < 1.29 is 0 Å². The molecule has 1 nitrogen and oxygen atoms in total. The van der Waals surface area contributed by atoms with Gasteiger partial charge in [-0.05, 0) is 102 Å². The van der Waals surface area contributed by atoms with Gasteiger partial charge >= 0.3 is 0 Å². The van der Waals surface area contributed by atoms with E-state index in [9.17, 15) is 0 Å². The summed E-state index contributed by atoms with van der Waals surface area (Å²) in [7, 11) is 0. The third kappa shape index (κ3) is 5.44. The van der Waals surface area contributed by atoms with Crippen LogP contribution in [0.25, 0.3) is 44.3 Å². The lowest BCUT2D eigenvalue weighted by molar-refractivity contribution is 0.772. The molecule has 1 aliphatic rings. The van der Waals surface area contributed by atoms with E-state index in [1.807, 2.05) is 0 Å². The third-order valence-electron chi connectivity index (χ3n) is 10.5. The zero-order chi connectivity index (χ0) is 34.9. The fourth-order valence-corrected chi connectivity index (χ4v) is 8.02. The molecule has 0 spiro atoms. The highest BCUT2D eigenvalue weighted by molar-refractivity contribution is 6.08. The Morgan fingerprint density at radius 2 is 1.12 bits per heavy atom. The van der Waals surface area contributed by atoms with Gasteiger partial charge in [0, 0.05) is 11.4 Å². The molecular weight excluding hydrogens is 627 g/mol. The monoisotopic (exact) mass is 663 g/mol. The number of benzene rings is 8. The number of hydrogen-bond acceptors (Lipinski definition) is 1. The molecule has 0 aliphatic heterocycles. The first-order valence-electron chi connectivity index (χ1n) is 17.9. The predicted molar refractivity (Wildman–Crippen MR) is 222 cm³/mol. The lowest BCUT2D eigenvalue weighted by Gasteiger charge is -2.33. The second kappa shape index (κ2) is 13.2. The quantitative estimate of drug-likeness (QED) is 0.167. The van der Waals surface area contributed by atoms with Gasteiger partial charge in [-0.3, -0.25) is 0 Å². The van der Waals surface area contributed by atoms with Crippen LogP contribution in [0, 0.1) is 0 Å². The van der Waals surface area contributed by atoms with Crippen molar-refractivity contribution in [1.82, 2.24) is 0 Å². The van der Waals surface area contributed by atoms with Crippen LogP contribution >= 0.6 is 0 Å². The minimum Gasteiger partial charge on any atom is -0.356 e. The Balaban J connectivity index is 0.967. The molecule has 0 unspecified atom stereocenters. The summed E-state index contributed by atoms with van der Waals surface area (Å²) < 4.78 is 0. The van der Waals surface area contributed by atoms with E-state index in [2.05, 4.69) is 212 Å². The Labute approximate surface area is 305 Å². The summed E-state index contributed by atoms with van der Waals surface area (Å²) in [5, 5.41) is 8.70. The minimum atomic E-state index is -0.452. The Morgan fingerprint density at radius 1 is 0.481 bits per heavy atom. The molecular formula is C51H37N. The molecule has 0 heterocycles. The molecule has 0 saturated heterocycles. The topological polar surface area (TPSA) is 12.0 Å². The number of anilines is 2. The molecule has 9 rings (SSSR count). The fourth-order valence-electron chi connectivity index (χ4n) is 8.02. The van der Waals surface area contributed by atoms with Gasteiger partial charge in [-0.15, -0.1) is 0 Å². The average Bonchev–Trinajstić information content (AvgIpc) is 3.46. The number of rotatable bonds is 7. The van der Waals surface area contributed by atoms with E-state index in [-0.39, 0.29) is 0 Å². The van der Waals surface area contributed by atoms with Crippen LogP contribution in [0.5, 0.6) is 0 Å². The number of nitrogens with one attached hydrogen (secondary N) is 1. The van der Waals surface area contributed by atoms with E-state index in [4.69, 9.17) is 6.58 Å². The van der Waals surface area contributed by atoms with E-state index < -0.39 is 5.41 Å². The second-order valence-corrected chi connectivity index (χ2v) is 13.5. The molecule has 0 radical (unpaired) electrons. The van der Waals surface area contributed by atoms with Crippen LogP contribution in [0.1, 0.15) is 27.8 Å². The van der Waals surface area contributed by atoms with Crippen molar-refractivity contribution in [2.24, 2.45) is 0 Å². The highest BCUT2D eigenvalue weighted by atomic mass is 14.9. The van der Waals surface area contributed by atoms with Gasteiger partial charge in [0.25, 0.3) is 0 Å². The first-order chi connectivity index (χ1) is 25.7. The Bertz CT molecular complexity index is 2600. The van der Waals surface area contributed by atoms with Gasteiger partial charge in [0.2, 0.25) is 0 Å². The summed E-state index contributed by atoms with van der Waals surface area (Å²) in [6.45, 7) is 4.77. The summed E-state index contributed by atoms with van der Waals surface area (Å²) in [6, 6.07) is 67.3. The van der Waals surface area contributed by atoms with Crippen molar-refractivity contribution >= 4 is 44.6 Å². The van der Waals surface area contributed by atoms with Crippen molar-refractivity contribution in [2.45, 2.75) is 5.41 Å². The van der Waals surface area contributed by atoms with Crippen LogP contribution in [0.15, 0.2) is 212 Å². The van der Waals surface area contributed by atoms with E-state index >= 15 is 0 Å². The standard InChI is InChI=1S/C51H37N/c1-36-46(48-23-10-11-25-50(48)51(36,42-17-4-2-5-18-42)43-19-6-3-7-20-43)24-12-14-37-26-32-44(33-27-37)52-45-21-13-16-40(34-45)41-31-30-39-29-28-38-15-8-9-22-47(38)49(39)35-41/h2-35,52H,1H2/b14-12+,46-24+. The van der Waals surface area contributed by atoms with Crippen molar-refractivity contribution in [1.29, 1.82) is 0 Å². The Hall–Kier alpha value is -6.70. The summed E-state index contributed by atoms with van der Waals surface area (Å²) >= 11 is 0. The number of fused-ring (bicyclic) bond motifs is 4. The van der Waals surface area contributed by atoms with Crippen molar-refractivity contribution in [3.05, 3.63) is 240 Å². The smallest absolute Gasteiger partial charge is 0.0707 e. The van der Waals surface area contributed by atoms with Gasteiger partial charge in [-0.1, -0.05) is 183 Å². The molecule has 0 bridgehead atoms. The first-order valence-corrected chi connectivity index (χ1v) is 17.9. The van der Waals surface area contributed by atoms with E-state index in [1.165, 1.54) is 54.9 Å². The normalized spacial score (nSPS) is 14.3. The molecule has 246 valence electrons. The highest BCUT2D eigenvalue weighted by Gasteiger charge is 2.46. The van der Waals surface area contributed by atoms with Crippen LogP contribution < -0.4 is 5.32 Å². The van der Waals surface area contributed by atoms with Gasteiger partial charge in [0.05, 0.1) is 5.41 Å². The minimum absolute atomic E-state index is 0.452. The van der Waals surface area contributed by atoms with Crippen LogP contribution in [-0.2, 0) is 5.41 Å². The zero-order valence-corrected chi connectivity index (χ0v) is 28.8. The van der Waals surface area contributed by atoms with Gasteiger partial charge < -0.3 is 5.32 Å². The van der Waals surface area contributed by atoms with Crippen molar-refractivity contribution in [3.63, 3.8) is 0 Å². The van der Waals surface area contributed by atoms with Gasteiger partial charge in [0.15, 0.2) is 0 Å². The van der Waals surface area contributed by atoms with Crippen molar-refractivity contribution in [3.8, 4) is 11.1 Å². The molecule has 0 atom stereocenters. The second-order valence-electron chi connectivity index (χ2n) is 13.5. The van der Waals surface area contributed by atoms with Gasteiger partial charge in [-0.2, -0.15) is 0 Å². The summed E-state index contributed by atoms with van der Waals surface area (Å²) in [5.41, 5.74) is 12.4. The number of allylic oxidation sites excluding steroid dienone is 4. The molecule has 1 N–H and O–H groups in total. The van der Waals surface area contributed by atoms with Crippen LogP contribution in [0.3, 0.4) is 0 Å². The largest absolute Gasteiger partial charge is 0.356 e. The molecule has 1 aliphatic carbocycles. The lowest BCUT2D eigenvalue weighted by atomic mass is 9.68. The molecule has 0 aromatic heterocycles. The van der Waals surface area contributed by atoms with E-state index in [1.54, 1.807) is 0 Å². The van der Waals surface area contributed by atoms with Gasteiger partial charge in [0.1, 0.15) is 0 Å². The van der Waals surface area contributed by atoms with Crippen LogP contribution in [-0.4, -0.2) is 0 Å². The lowest BCUT2D eigenvalue weighted by Crippen LogP contribution is -2.28. The molecule has 0 fully saturated rings. The maximum atomic E-state index is 4.77. The summed E-state index contributed by atoms with van der Waals surface area (Å²) in [6.07, 6.45) is 6.55. The Kier molecular flexibility index (Phi) is 7.95. The molecule has 1 heteroatoms.